The van der Waals surface area contributed by atoms with Crippen LogP contribution in [0.4, 0.5) is 0 Å². The van der Waals surface area contributed by atoms with E-state index < -0.39 is 0 Å². The Labute approximate surface area is 100 Å². The van der Waals surface area contributed by atoms with Gasteiger partial charge >= 0.3 is 0 Å². The van der Waals surface area contributed by atoms with Crippen LogP contribution in [-0.4, -0.2) is 30.4 Å². The highest BCUT2D eigenvalue weighted by Gasteiger charge is 2.26. The number of rotatable bonds is 6. The van der Waals surface area contributed by atoms with Crippen LogP contribution in [0.5, 0.6) is 0 Å². The van der Waals surface area contributed by atoms with Gasteiger partial charge in [0.25, 0.3) is 0 Å². The predicted octanol–water partition coefficient (Wildman–Crippen LogP) is 2.11. The largest absolute Gasteiger partial charge is 0.342 e. The van der Waals surface area contributed by atoms with Crippen LogP contribution in [0.25, 0.3) is 0 Å². The van der Waals surface area contributed by atoms with Gasteiger partial charge < -0.3 is 10.6 Å². The second kappa shape index (κ2) is 6.24. The molecule has 3 heteroatoms. The first-order valence-corrected chi connectivity index (χ1v) is 6.24. The van der Waals surface area contributed by atoms with Gasteiger partial charge in [-0.05, 0) is 24.8 Å². The van der Waals surface area contributed by atoms with Crippen LogP contribution in [0.15, 0.2) is 0 Å². The molecule has 0 aromatic carbocycles. The normalized spacial score (nSPS) is 14.0. The lowest BCUT2D eigenvalue weighted by atomic mass is 9.91. The van der Waals surface area contributed by atoms with E-state index in [1.54, 1.807) is 0 Å². The molecule has 0 radical (unpaired) electrons. The van der Waals surface area contributed by atoms with Gasteiger partial charge in [0.15, 0.2) is 0 Å². The SMILES string of the molecule is CCN(CC(C)(C)CN)C(=O)C(C)C(C)C. The van der Waals surface area contributed by atoms with E-state index in [1.807, 2.05) is 18.7 Å². The number of nitrogens with zero attached hydrogens (tertiary/aromatic N) is 1. The maximum Gasteiger partial charge on any atom is 0.225 e. The molecule has 1 unspecified atom stereocenters. The van der Waals surface area contributed by atoms with Gasteiger partial charge in [-0.25, -0.2) is 0 Å². The van der Waals surface area contributed by atoms with Gasteiger partial charge in [0, 0.05) is 19.0 Å². The zero-order valence-electron chi connectivity index (χ0n) is 11.7. The minimum Gasteiger partial charge on any atom is -0.342 e. The lowest BCUT2D eigenvalue weighted by Gasteiger charge is -2.33. The van der Waals surface area contributed by atoms with Crippen LogP contribution in [-0.2, 0) is 4.79 Å². The maximum absolute atomic E-state index is 12.2. The Morgan fingerprint density at radius 2 is 1.81 bits per heavy atom. The monoisotopic (exact) mass is 228 g/mol. The third-order valence-electron chi connectivity index (χ3n) is 3.25. The molecule has 0 aliphatic carbocycles. The summed E-state index contributed by atoms with van der Waals surface area (Å²) in [6.07, 6.45) is 0. The highest BCUT2D eigenvalue weighted by molar-refractivity contribution is 5.78. The van der Waals surface area contributed by atoms with Crippen LogP contribution in [0.1, 0.15) is 41.5 Å². The molecule has 16 heavy (non-hydrogen) atoms. The minimum atomic E-state index is 0.00235. The highest BCUT2D eigenvalue weighted by Crippen LogP contribution is 2.19. The first-order chi connectivity index (χ1) is 7.25. The smallest absolute Gasteiger partial charge is 0.225 e. The van der Waals surface area contributed by atoms with Gasteiger partial charge in [0.2, 0.25) is 5.91 Å². The van der Waals surface area contributed by atoms with Crippen molar-refractivity contribution < 1.29 is 4.79 Å². The van der Waals surface area contributed by atoms with E-state index in [9.17, 15) is 4.79 Å². The van der Waals surface area contributed by atoms with Crippen molar-refractivity contribution in [2.75, 3.05) is 19.6 Å². The summed E-state index contributed by atoms with van der Waals surface area (Å²) in [6, 6.07) is 0. The van der Waals surface area contributed by atoms with Crippen molar-refractivity contribution in [2.45, 2.75) is 41.5 Å². The second-order valence-corrected chi connectivity index (χ2v) is 5.75. The predicted molar refractivity (Wildman–Crippen MR) is 69.1 cm³/mol. The fourth-order valence-electron chi connectivity index (χ4n) is 1.50. The Hall–Kier alpha value is -0.570. The topological polar surface area (TPSA) is 46.3 Å². The molecule has 0 aromatic rings. The van der Waals surface area contributed by atoms with Gasteiger partial charge in [-0.2, -0.15) is 0 Å². The van der Waals surface area contributed by atoms with Crippen molar-refractivity contribution in [3.05, 3.63) is 0 Å². The number of amides is 1. The third-order valence-corrected chi connectivity index (χ3v) is 3.25. The van der Waals surface area contributed by atoms with Crippen molar-refractivity contribution in [3.8, 4) is 0 Å². The summed E-state index contributed by atoms with van der Waals surface area (Å²) in [5.41, 5.74) is 5.71. The summed E-state index contributed by atoms with van der Waals surface area (Å²) in [7, 11) is 0. The first kappa shape index (κ1) is 15.4. The van der Waals surface area contributed by atoms with Crippen molar-refractivity contribution >= 4 is 5.91 Å². The molecule has 0 aliphatic rings. The van der Waals surface area contributed by atoms with E-state index in [1.165, 1.54) is 0 Å². The molecule has 0 spiro atoms. The average molecular weight is 228 g/mol. The van der Waals surface area contributed by atoms with Crippen LogP contribution in [0, 0.1) is 17.3 Å². The molecule has 0 saturated heterocycles. The molecule has 0 aromatic heterocycles. The van der Waals surface area contributed by atoms with Crippen molar-refractivity contribution in [1.29, 1.82) is 0 Å². The fourth-order valence-corrected chi connectivity index (χ4v) is 1.50. The quantitative estimate of drug-likeness (QED) is 0.757. The fraction of sp³-hybridized carbons (Fsp3) is 0.923. The van der Waals surface area contributed by atoms with Crippen molar-refractivity contribution in [2.24, 2.45) is 23.0 Å². The van der Waals surface area contributed by atoms with Crippen LogP contribution in [0.3, 0.4) is 0 Å². The van der Waals surface area contributed by atoms with Crippen molar-refractivity contribution in [1.82, 2.24) is 4.90 Å². The molecule has 0 aliphatic heterocycles. The molecule has 96 valence electrons. The second-order valence-electron chi connectivity index (χ2n) is 5.75. The lowest BCUT2D eigenvalue weighted by Crippen LogP contribution is -2.44. The summed E-state index contributed by atoms with van der Waals surface area (Å²) in [6.45, 7) is 14.5. The van der Waals surface area contributed by atoms with E-state index in [0.717, 1.165) is 13.1 Å². The van der Waals surface area contributed by atoms with E-state index in [2.05, 4.69) is 27.7 Å². The first-order valence-electron chi connectivity index (χ1n) is 6.24. The molecule has 1 amide bonds. The van der Waals surface area contributed by atoms with Crippen LogP contribution in [0.2, 0.25) is 0 Å². The summed E-state index contributed by atoms with van der Waals surface area (Å²) in [4.78, 5) is 14.1. The number of hydrogen-bond donors (Lipinski definition) is 1. The molecule has 0 saturated carbocycles. The molecule has 0 heterocycles. The van der Waals surface area contributed by atoms with Crippen LogP contribution >= 0.6 is 0 Å². The van der Waals surface area contributed by atoms with Gasteiger partial charge in [-0.3, -0.25) is 4.79 Å². The zero-order chi connectivity index (χ0) is 12.9. The van der Waals surface area contributed by atoms with E-state index >= 15 is 0 Å². The molecular formula is C13H28N2O. The van der Waals surface area contributed by atoms with E-state index in [0.29, 0.717) is 12.5 Å². The summed E-state index contributed by atoms with van der Waals surface area (Å²) in [5.74, 6) is 0.732. The number of carbonyl (C=O) groups excluding carboxylic acids is 1. The number of carbonyl (C=O) groups is 1. The number of nitrogens with two attached hydrogens (primary N) is 1. The molecule has 0 bridgehead atoms. The third kappa shape index (κ3) is 4.52. The minimum absolute atomic E-state index is 0.00235. The number of hydrogen-bond acceptors (Lipinski definition) is 2. The van der Waals surface area contributed by atoms with Gasteiger partial charge in [-0.15, -0.1) is 0 Å². The summed E-state index contributed by atoms with van der Waals surface area (Å²) < 4.78 is 0. The van der Waals surface area contributed by atoms with Crippen molar-refractivity contribution in [3.63, 3.8) is 0 Å². The van der Waals surface area contributed by atoms with E-state index in [-0.39, 0.29) is 17.2 Å². The Morgan fingerprint density at radius 3 is 2.12 bits per heavy atom. The van der Waals surface area contributed by atoms with Crippen LogP contribution < -0.4 is 5.73 Å². The Kier molecular flexibility index (Phi) is 6.01. The molecule has 3 nitrogen and oxygen atoms in total. The summed E-state index contributed by atoms with van der Waals surface area (Å²) >= 11 is 0. The lowest BCUT2D eigenvalue weighted by molar-refractivity contribution is -0.137. The molecular weight excluding hydrogens is 200 g/mol. The molecule has 0 rings (SSSR count). The highest BCUT2D eigenvalue weighted by atomic mass is 16.2. The van der Waals surface area contributed by atoms with Gasteiger partial charge in [-0.1, -0.05) is 34.6 Å². The van der Waals surface area contributed by atoms with Gasteiger partial charge in [0.05, 0.1) is 0 Å². The Balaban J connectivity index is 4.56. The molecule has 2 N–H and O–H groups in total. The Morgan fingerprint density at radius 1 is 1.31 bits per heavy atom. The zero-order valence-corrected chi connectivity index (χ0v) is 11.7. The molecule has 0 fully saturated rings. The Bertz CT molecular complexity index is 224. The standard InChI is InChI=1S/C13H28N2O/c1-7-15(9-13(5,6)8-14)12(16)11(4)10(2)3/h10-11H,7-9,14H2,1-6H3. The van der Waals surface area contributed by atoms with E-state index in [4.69, 9.17) is 5.73 Å². The molecule has 1 atom stereocenters. The average Bonchev–Trinajstić information content (AvgIpc) is 2.23. The maximum atomic E-state index is 12.2. The summed E-state index contributed by atoms with van der Waals surface area (Å²) in [5, 5.41) is 0. The van der Waals surface area contributed by atoms with Gasteiger partial charge in [0.1, 0.15) is 0 Å².